The summed E-state index contributed by atoms with van der Waals surface area (Å²) in [6.45, 7) is 1.98. The van der Waals surface area contributed by atoms with Crippen LogP contribution in [0.3, 0.4) is 0 Å². The Kier molecular flexibility index (Phi) is 5.29. The summed E-state index contributed by atoms with van der Waals surface area (Å²) in [6.07, 6.45) is 0. The van der Waals surface area contributed by atoms with Crippen molar-refractivity contribution in [2.45, 2.75) is 6.92 Å². The minimum absolute atomic E-state index is 0.345. The highest BCUT2D eigenvalue weighted by molar-refractivity contribution is 5.99. The third-order valence-electron chi connectivity index (χ3n) is 3.64. The molecule has 0 fully saturated rings. The van der Waals surface area contributed by atoms with Crippen LogP contribution in [-0.2, 0) is 0 Å². The second kappa shape index (κ2) is 7.98. The van der Waals surface area contributed by atoms with Crippen LogP contribution in [0.5, 0.6) is 5.75 Å². The van der Waals surface area contributed by atoms with Gasteiger partial charge in [0.25, 0.3) is 0 Å². The summed E-state index contributed by atoms with van der Waals surface area (Å²) in [5.41, 5.74) is 2.90. The van der Waals surface area contributed by atoms with Crippen LogP contribution in [0.4, 0.5) is 16.2 Å². The van der Waals surface area contributed by atoms with E-state index in [2.05, 4.69) is 10.6 Å². The van der Waals surface area contributed by atoms with Gasteiger partial charge < -0.3 is 15.4 Å². The third kappa shape index (κ3) is 4.70. The maximum atomic E-state index is 12.0. The fourth-order valence-electron chi connectivity index (χ4n) is 2.28. The summed E-state index contributed by atoms with van der Waals surface area (Å²) in [7, 11) is 0. The van der Waals surface area contributed by atoms with Crippen LogP contribution in [0, 0.1) is 6.92 Å². The molecule has 130 valence electrons. The zero-order valence-electron chi connectivity index (χ0n) is 14.2. The fourth-order valence-corrected chi connectivity index (χ4v) is 2.28. The van der Waals surface area contributed by atoms with E-state index in [0.29, 0.717) is 22.7 Å². The Labute approximate surface area is 151 Å². The Morgan fingerprint density at radius 1 is 0.731 bits per heavy atom. The summed E-state index contributed by atoms with van der Waals surface area (Å²) >= 11 is 0. The number of hydrogen-bond acceptors (Lipinski definition) is 3. The lowest BCUT2D eigenvalue weighted by molar-refractivity contribution is 0.0734. The van der Waals surface area contributed by atoms with Crippen LogP contribution in [0.25, 0.3) is 0 Å². The first kappa shape index (κ1) is 17.2. The third-order valence-corrected chi connectivity index (χ3v) is 3.64. The number of aryl methyl sites for hydroxylation is 1. The molecule has 0 bridgehead atoms. The van der Waals surface area contributed by atoms with Crippen molar-refractivity contribution in [1.29, 1.82) is 0 Å². The maximum absolute atomic E-state index is 12.0. The number of amides is 2. The van der Waals surface area contributed by atoms with Crippen molar-refractivity contribution in [3.05, 3.63) is 90.0 Å². The fraction of sp³-hybridized carbons (Fsp3) is 0.0476. The number of hydrogen-bond donors (Lipinski definition) is 2. The van der Waals surface area contributed by atoms with E-state index >= 15 is 0 Å². The molecule has 0 aliphatic carbocycles. The monoisotopic (exact) mass is 346 g/mol. The normalized spacial score (nSPS) is 10.0. The molecular weight excluding hydrogens is 328 g/mol. The molecule has 3 aromatic rings. The Bertz CT molecular complexity index is 889. The van der Waals surface area contributed by atoms with Gasteiger partial charge in [-0.2, -0.15) is 0 Å². The molecule has 5 nitrogen and oxygen atoms in total. The lowest BCUT2D eigenvalue weighted by atomic mass is 10.2. The summed E-state index contributed by atoms with van der Waals surface area (Å²) in [6, 6.07) is 22.5. The highest BCUT2D eigenvalue weighted by atomic mass is 16.5. The molecule has 0 aliphatic heterocycles. The SMILES string of the molecule is Cc1ccc(NC(=O)Nc2ccc(OC(=O)c3ccccc3)cc2)cc1. The molecule has 26 heavy (non-hydrogen) atoms. The van der Waals surface area contributed by atoms with Crippen molar-refractivity contribution in [2.24, 2.45) is 0 Å². The molecule has 3 aromatic carbocycles. The summed E-state index contributed by atoms with van der Waals surface area (Å²) < 4.78 is 5.30. The van der Waals surface area contributed by atoms with Gasteiger partial charge in [-0.05, 0) is 55.5 Å². The van der Waals surface area contributed by atoms with Crippen molar-refractivity contribution in [3.63, 3.8) is 0 Å². The first-order valence-electron chi connectivity index (χ1n) is 8.12. The van der Waals surface area contributed by atoms with Gasteiger partial charge in [0.05, 0.1) is 5.56 Å². The van der Waals surface area contributed by atoms with E-state index in [1.54, 1.807) is 48.5 Å². The molecule has 0 saturated carbocycles. The molecule has 3 rings (SSSR count). The van der Waals surface area contributed by atoms with Gasteiger partial charge in [0.15, 0.2) is 0 Å². The quantitative estimate of drug-likeness (QED) is 0.524. The topological polar surface area (TPSA) is 67.4 Å². The van der Waals surface area contributed by atoms with E-state index in [-0.39, 0.29) is 6.03 Å². The number of anilines is 2. The van der Waals surface area contributed by atoms with Gasteiger partial charge in [-0.15, -0.1) is 0 Å². The van der Waals surface area contributed by atoms with E-state index in [9.17, 15) is 9.59 Å². The average Bonchev–Trinajstić information content (AvgIpc) is 2.66. The van der Waals surface area contributed by atoms with Crippen molar-refractivity contribution in [2.75, 3.05) is 10.6 Å². The highest BCUT2D eigenvalue weighted by Gasteiger charge is 2.08. The molecule has 0 radical (unpaired) electrons. The Balaban J connectivity index is 1.56. The second-order valence-electron chi connectivity index (χ2n) is 5.73. The lowest BCUT2D eigenvalue weighted by Gasteiger charge is -2.09. The minimum atomic E-state index is -0.427. The smallest absolute Gasteiger partial charge is 0.343 e. The molecule has 5 heteroatoms. The van der Waals surface area contributed by atoms with Crippen LogP contribution in [0.15, 0.2) is 78.9 Å². The molecule has 2 N–H and O–H groups in total. The number of nitrogens with one attached hydrogen (secondary N) is 2. The van der Waals surface area contributed by atoms with Crippen molar-refractivity contribution in [1.82, 2.24) is 0 Å². The molecular formula is C21H18N2O3. The van der Waals surface area contributed by atoms with Gasteiger partial charge >= 0.3 is 12.0 Å². The van der Waals surface area contributed by atoms with Crippen LogP contribution in [-0.4, -0.2) is 12.0 Å². The lowest BCUT2D eigenvalue weighted by Crippen LogP contribution is -2.19. The first-order valence-corrected chi connectivity index (χ1v) is 8.12. The van der Waals surface area contributed by atoms with Crippen molar-refractivity contribution in [3.8, 4) is 5.75 Å². The summed E-state index contributed by atoms with van der Waals surface area (Å²) in [5.74, 6) is -0.0215. The van der Waals surface area contributed by atoms with Gasteiger partial charge in [0, 0.05) is 11.4 Å². The molecule has 0 saturated heterocycles. The minimum Gasteiger partial charge on any atom is -0.423 e. The zero-order valence-corrected chi connectivity index (χ0v) is 14.2. The van der Waals surface area contributed by atoms with Crippen molar-refractivity contribution < 1.29 is 14.3 Å². The van der Waals surface area contributed by atoms with E-state index in [0.717, 1.165) is 5.56 Å². The molecule has 0 aliphatic rings. The first-order chi connectivity index (χ1) is 12.6. The van der Waals surface area contributed by atoms with Crippen LogP contribution >= 0.6 is 0 Å². The number of esters is 1. The number of benzene rings is 3. The van der Waals surface area contributed by atoms with Crippen LogP contribution in [0.1, 0.15) is 15.9 Å². The number of ether oxygens (including phenoxy) is 1. The molecule has 0 atom stereocenters. The van der Waals surface area contributed by atoms with Gasteiger partial charge in [-0.25, -0.2) is 9.59 Å². The predicted molar refractivity (Wildman–Crippen MR) is 102 cm³/mol. The Hall–Kier alpha value is -3.60. The average molecular weight is 346 g/mol. The molecule has 2 amide bonds. The van der Waals surface area contributed by atoms with E-state index in [4.69, 9.17) is 4.74 Å². The van der Waals surface area contributed by atoms with Crippen LogP contribution < -0.4 is 15.4 Å². The number of carbonyl (C=O) groups is 2. The summed E-state index contributed by atoms with van der Waals surface area (Å²) in [5, 5.41) is 5.48. The van der Waals surface area contributed by atoms with Crippen molar-refractivity contribution >= 4 is 23.4 Å². The van der Waals surface area contributed by atoms with Crippen LogP contribution in [0.2, 0.25) is 0 Å². The zero-order chi connectivity index (χ0) is 18.4. The Morgan fingerprint density at radius 2 is 1.27 bits per heavy atom. The predicted octanol–water partition coefficient (Wildman–Crippen LogP) is 4.86. The van der Waals surface area contributed by atoms with Gasteiger partial charge in [0.2, 0.25) is 0 Å². The largest absolute Gasteiger partial charge is 0.423 e. The number of rotatable bonds is 4. The van der Waals surface area contributed by atoms with E-state index in [1.807, 2.05) is 37.3 Å². The molecule has 0 aromatic heterocycles. The standard InChI is InChI=1S/C21H18N2O3/c1-15-7-9-17(10-8-15)22-21(25)23-18-11-13-19(14-12-18)26-20(24)16-5-3-2-4-6-16/h2-14H,1H3,(H2,22,23,25). The highest BCUT2D eigenvalue weighted by Crippen LogP contribution is 2.18. The number of urea groups is 1. The van der Waals surface area contributed by atoms with Gasteiger partial charge in [-0.3, -0.25) is 0 Å². The molecule has 0 spiro atoms. The second-order valence-corrected chi connectivity index (χ2v) is 5.73. The van der Waals surface area contributed by atoms with E-state index < -0.39 is 5.97 Å². The summed E-state index contributed by atoms with van der Waals surface area (Å²) in [4.78, 5) is 24.0. The van der Waals surface area contributed by atoms with E-state index in [1.165, 1.54) is 0 Å². The maximum Gasteiger partial charge on any atom is 0.343 e. The molecule has 0 unspecified atom stereocenters. The Morgan fingerprint density at radius 3 is 1.85 bits per heavy atom. The number of carbonyl (C=O) groups excluding carboxylic acids is 2. The van der Waals surface area contributed by atoms with Gasteiger partial charge in [0.1, 0.15) is 5.75 Å². The molecule has 0 heterocycles. The van der Waals surface area contributed by atoms with Gasteiger partial charge in [-0.1, -0.05) is 35.9 Å².